The monoisotopic (exact) mass is 264 g/mol. The fourth-order valence-corrected chi connectivity index (χ4v) is 2.91. The van der Waals surface area contributed by atoms with Crippen molar-refractivity contribution in [3.8, 4) is 0 Å². The van der Waals surface area contributed by atoms with Gasteiger partial charge in [-0.15, -0.1) is 0 Å². The van der Waals surface area contributed by atoms with Crippen molar-refractivity contribution in [2.24, 2.45) is 11.5 Å². The summed E-state index contributed by atoms with van der Waals surface area (Å²) >= 11 is 0. The van der Waals surface area contributed by atoms with Crippen molar-refractivity contribution in [2.45, 2.75) is 18.9 Å². The van der Waals surface area contributed by atoms with Crippen LogP contribution in [0.5, 0.6) is 0 Å². The number of benzene rings is 3. The Morgan fingerprint density at radius 3 is 1.95 bits per heavy atom. The minimum absolute atomic E-state index is 0.120. The molecule has 1 atom stereocenters. The first kappa shape index (κ1) is 13.1. The summed E-state index contributed by atoms with van der Waals surface area (Å²) in [6.07, 6.45) is 1.73. The van der Waals surface area contributed by atoms with E-state index in [0.717, 1.165) is 12.8 Å². The topological polar surface area (TPSA) is 52.0 Å². The van der Waals surface area contributed by atoms with Crippen molar-refractivity contribution in [3.05, 3.63) is 60.2 Å². The van der Waals surface area contributed by atoms with E-state index >= 15 is 0 Å². The standard InChI is InChI=1S/C18H20N2/c19-10-9-15(20)12-18-16-7-3-1-5-13(16)11-14-6-2-4-8-17(14)18/h1-8,11,15H,9-10,12,19-20H2. The van der Waals surface area contributed by atoms with Crippen LogP contribution in [0.4, 0.5) is 0 Å². The Labute approximate surface area is 119 Å². The SMILES string of the molecule is NCCC(N)Cc1c2ccccc2cc2ccccc12. The van der Waals surface area contributed by atoms with Crippen LogP contribution in [0, 0.1) is 0 Å². The van der Waals surface area contributed by atoms with Gasteiger partial charge in [0.1, 0.15) is 0 Å². The van der Waals surface area contributed by atoms with Crippen LogP contribution in [0.2, 0.25) is 0 Å². The lowest BCUT2D eigenvalue weighted by Crippen LogP contribution is -2.26. The smallest absolute Gasteiger partial charge is 0.00917 e. The van der Waals surface area contributed by atoms with E-state index in [2.05, 4.69) is 54.6 Å². The van der Waals surface area contributed by atoms with Crippen LogP contribution in [0.3, 0.4) is 0 Å². The number of fused-ring (bicyclic) bond motifs is 2. The van der Waals surface area contributed by atoms with E-state index in [1.165, 1.54) is 27.1 Å². The van der Waals surface area contributed by atoms with Crippen LogP contribution < -0.4 is 11.5 Å². The third-order valence-corrected chi connectivity index (χ3v) is 3.89. The summed E-state index contributed by atoms with van der Waals surface area (Å²) < 4.78 is 0. The third kappa shape index (κ3) is 2.40. The Bertz CT molecular complexity index is 680. The van der Waals surface area contributed by atoms with Crippen LogP contribution in [0.1, 0.15) is 12.0 Å². The lowest BCUT2D eigenvalue weighted by molar-refractivity contribution is 0.622. The van der Waals surface area contributed by atoms with Crippen molar-refractivity contribution >= 4 is 21.5 Å². The Hall–Kier alpha value is -1.90. The summed E-state index contributed by atoms with van der Waals surface area (Å²) in [5.41, 5.74) is 13.2. The van der Waals surface area contributed by atoms with Crippen LogP contribution in [-0.4, -0.2) is 12.6 Å². The molecular weight excluding hydrogens is 244 g/mol. The van der Waals surface area contributed by atoms with Crippen molar-refractivity contribution in [1.82, 2.24) is 0 Å². The fraction of sp³-hybridized carbons (Fsp3) is 0.222. The van der Waals surface area contributed by atoms with Gasteiger partial charge in [0.2, 0.25) is 0 Å². The summed E-state index contributed by atoms with van der Waals surface area (Å²) in [5.74, 6) is 0. The van der Waals surface area contributed by atoms with Gasteiger partial charge in [0.25, 0.3) is 0 Å². The first-order valence-electron chi connectivity index (χ1n) is 7.14. The Morgan fingerprint density at radius 1 is 0.850 bits per heavy atom. The van der Waals surface area contributed by atoms with E-state index < -0.39 is 0 Å². The highest BCUT2D eigenvalue weighted by Crippen LogP contribution is 2.29. The zero-order valence-corrected chi connectivity index (χ0v) is 11.5. The van der Waals surface area contributed by atoms with Gasteiger partial charge in [-0.1, -0.05) is 48.5 Å². The lowest BCUT2D eigenvalue weighted by Gasteiger charge is -2.15. The maximum atomic E-state index is 6.22. The van der Waals surface area contributed by atoms with Gasteiger partial charge in [-0.2, -0.15) is 0 Å². The highest BCUT2D eigenvalue weighted by atomic mass is 14.6. The highest BCUT2D eigenvalue weighted by molar-refractivity contribution is 6.02. The number of hydrogen-bond donors (Lipinski definition) is 2. The highest BCUT2D eigenvalue weighted by Gasteiger charge is 2.10. The Morgan fingerprint density at radius 2 is 1.40 bits per heavy atom. The van der Waals surface area contributed by atoms with Crippen molar-refractivity contribution in [2.75, 3.05) is 6.54 Å². The fourth-order valence-electron chi connectivity index (χ4n) is 2.91. The van der Waals surface area contributed by atoms with E-state index in [-0.39, 0.29) is 6.04 Å². The van der Waals surface area contributed by atoms with Gasteiger partial charge in [-0.3, -0.25) is 0 Å². The third-order valence-electron chi connectivity index (χ3n) is 3.89. The summed E-state index contributed by atoms with van der Waals surface area (Å²) in [7, 11) is 0. The van der Waals surface area contributed by atoms with Gasteiger partial charge in [0.05, 0.1) is 0 Å². The molecule has 0 heterocycles. The van der Waals surface area contributed by atoms with E-state index in [1.807, 2.05) is 0 Å². The van der Waals surface area contributed by atoms with Crippen LogP contribution in [0.15, 0.2) is 54.6 Å². The molecule has 0 bridgehead atoms. The van der Waals surface area contributed by atoms with E-state index in [4.69, 9.17) is 11.5 Å². The minimum atomic E-state index is 0.120. The average Bonchev–Trinajstić information content (AvgIpc) is 2.47. The van der Waals surface area contributed by atoms with Crippen LogP contribution in [0.25, 0.3) is 21.5 Å². The molecule has 2 nitrogen and oxygen atoms in total. The van der Waals surface area contributed by atoms with Crippen LogP contribution >= 0.6 is 0 Å². The minimum Gasteiger partial charge on any atom is -0.330 e. The molecule has 0 aromatic heterocycles. The molecule has 1 unspecified atom stereocenters. The molecule has 0 saturated heterocycles. The molecule has 0 amide bonds. The molecule has 102 valence electrons. The quantitative estimate of drug-likeness (QED) is 0.711. The summed E-state index contributed by atoms with van der Waals surface area (Å²) in [4.78, 5) is 0. The van der Waals surface area contributed by atoms with Crippen molar-refractivity contribution in [3.63, 3.8) is 0 Å². The van der Waals surface area contributed by atoms with Gasteiger partial charge in [-0.25, -0.2) is 0 Å². The second kappa shape index (κ2) is 5.61. The van der Waals surface area contributed by atoms with E-state index in [1.54, 1.807) is 0 Å². The molecule has 0 spiro atoms. The molecule has 3 aromatic carbocycles. The molecule has 0 aliphatic carbocycles. The normalized spacial score (nSPS) is 12.9. The van der Waals surface area contributed by atoms with Gasteiger partial charge in [0.15, 0.2) is 0 Å². The first-order chi connectivity index (χ1) is 9.79. The Balaban J connectivity index is 2.22. The van der Waals surface area contributed by atoms with Gasteiger partial charge < -0.3 is 11.5 Å². The van der Waals surface area contributed by atoms with Crippen LogP contribution in [-0.2, 0) is 6.42 Å². The molecule has 3 aromatic rings. The second-order valence-corrected chi connectivity index (χ2v) is 5.34. The number of nitrogens with two attached hydrogens (primary N) is 2. The summed E-state index contributed by atoms with van der Waals surface area (Å²) in [6, 6.07) is 19.4. The molecule has 0 saturated carbocycles. The molecule has 3 rings (SSSR count). The van der Waals surface area contributed by atoms with Crippen molar-refractivity contribution < 1.29 is 0 Å². The average molecular weight is 264 g/mol. The summed E-state index contributed by atoms with van der Waals surface area (Å²) in [5, 5.41) is 5.17. The molecule has 2 heteroatoms. The molecular formula is C18H20N2. The molecule has 4 N–H and O–H groups in total. The lowest BCUT2D eigenvalue weighted by atomic mass is 9.92. The second-order valence-electron chi connectivity index (χ2n) is 5.34. The largest absolute Gasteiger partial charge is 0.330 e. The van der Waals surface area contributed by atoms with Gasteiger partial charge in [0, 0.05) is 6.04 Å². The molecule has 20 heavy (non-hydrogen) atoms. The maximum absolute atomic E-state index is 6.22. The molecule has 0 aliphatic heterocycles. The first-order valence-corrected chi connectivity index (χ1v) is 7.14. The Kier molecular flexibility index (Phi) is 3.68. The molecule has 0 fully saturated rings. The van der Waals surface area contributed by atoms with E-state index in [9.17, 15) is 0 Å². The predicted molar refractivity (Wildman–Crippen MR) is 86.8 cm³/mol. The van der Waals surface area contributed by atoms with Gasteiger partial charge in [-0.05, 0) is 52.6 Å². The molecule has 0 aliphatic rings. The zero-order valence-electron chi connectivity index (χ0n) is 11.5. The number of hydrogen-bond acceptors (Lipinski definition) is 2. The maximum Gasteiger partial charge on any atom is 0.00917 e. The molecule has 0 radical (unpaired) electrons. The van der Waals surface area contributed by atoms with E-state index in [0.29, 0.717) is 6.54 Å². The zero-order chi connectivity index (χ0) is 13.9. The van der Waals surface area contributed by atoms with Crippen molar-refractivity contribution in [1.29, 1.82) is 0 Å². The number of rotatable bonds is 4. The summed E-state index contributed by atoms with van der Waals surface area (Å²) in [6.45, 7) is 0.643. The predicted octanol–water partition coefficient (Wildman–Crippen LogP) is 3.21. The van der Waals surface area contributed by atoms with Gasteiger partial charge >= 0.3 is 0 Å².